The van der Waals surface area contributed by atoms with Gasteiger partial charge in [0.1, 0.15) is 23.6 Å². The van der Waals surface area contributed by atoms with Crippen LogP contribution in [0.4, 0.5) is 5.82 Å². The van der Waals surface area contributed by atoms with Gasteiger partial charge in [0, 0.05) is 11.4 Å². The lowest BCUT2D eigenvalue weighted by Crippen LogP contribution is -2.07. The molecule has 0 radical (unpaired) electrons. The van der Waals surface area contributed by atoms with E-state index in [1.54, 1.807) is 11.3 Å². The number of nitrogens with two attached hydrogens (primary N) is 1. The number of rotatable bonds is 4. The second kappa shape index (κ2) is 6.05. The van der Waals surface area contributed by atoms with E-state index < -0.39 is 0 Å². The molecule has 0 aliphatic heterocycles. The summed E-state index contributed by atoms with van der Waals surface area (Å²) in [6.07, 6.45) is 4.53. The Morgan fingerprint density at radius 2 is 2.22 bits per heavy atom. The fraction of sp³-hybridized carbons (Fsp3) is 0.333. The Kier molecular flexibility index (Phi) is 4.10. The van der Waals surface area contributed by atoms with Gasteiger partial charge in [-0.15, -0.1) is 11.3 Å². The van der Waals surface area contributed by atoms with E-state index in [9.17, 15) is 0 Å². The molecule has 8 heteroatoms. The monoisotopic (exact) mass is 330 g/mol. The molecule has 120 valence electrons. The molecule has 3 aromatic heterocycles. The van der Waals surface area contributed by atoms with Gasteiger partial charge in [0.05, 0.1) is 11.1 Å². The molecule has 0 saturated carbocycles. The van der Waals surface area contributed by atoms with Gasteiger partial charge in [-0.3, -0.25) is 5.43 Å². The van der Waals surface area contributed by atoms with E-state index in [2.05, 4.69) is 52.3 Å². The number of nitrogens with one attached hydrogen (secondary N) is 1. The Morgan fingerprint density at radius 3 is 2.91 bits per heavy atom. The van der Waals surface area contributed by atoms with E-state index in [1.165, 1.54) is 23.7 Å². The maximum Gasteiger partial charge on any atom is 0.239 e. The summed E-state index contributed by atoms with van der Waals surface area (Å²) in [5, 5.41) is 5.08. The lowest BCUT2D eigenvalue weighted by molar-refractivity contribution is 0.548. The number of thiophene rings is 1. The maximum absolute atomic E-state index is 5.48. The number of anilines is 1. The van der Waals surface area contributed by atoms with Crippen molar-refractivity contribution >= 4 is 33.6 Å². The van der Waals surface area contributed by atoms with E-state index in [0.29, 0.717) is 23.9 Å². The minimum Gasteiger partial charge on any atom is -0.443 e. The second-order valence-electron chi connectivity index (χ2n) is 6.05. The van der Waals surface area contributed by atoms with E-state index in [-0.39, 0.29) is 5.41 Å². The number of hydrogen-bond acceptors (Lipinski definition) is 8. The Hall–Kier alpha value is -2.32. The van der Waals surface area contributed by atoms with Gasteiger partial charge < -0.3 is 10.2 Å². The third kappa shape index (κ3) is 3.38. The van der Waals surface area contributed by atoms with Crippen molar-refractivity contribution in [1.82, 2.24) is 15.0 Å². The zero-order valence-electron chi connectivity index (χ0n) is 13.2. The van der Waals surface area contributed by atoms with Crippen molar-refractivity contribution in [3.8, 4) is 0 Å². The van der Waals surface area contributed by atoms with Crippen molar-refractivity contribution in [3.05, 3.63) is 35.1 Å². The smallest absolute Gasteiger partial charge is 0.239 e. The highest BCUT2D eigenvalue weighted by atomic mass is 32.1. The number of fused-ring (bicyclic) bond motifs is 1. The van der Waals surface area contributed by atoms with Crippen molar-refractivity contribution in [2.45, 2.75) is 32.7 Å². The SMILES string of the molecule is CC(C)(C)c1cc2c(NN=Cc3nc(CN)co3)ncnc2s1. The Bertz CT molecular complexity index is 845. The van der Waals surface area contributed by atoms with Crippen LogP contribution in [0.2, 0.25) is 0 Å². The summed E-state index contributed by atoms with van der Waals surface area (Å²) >= 11 is 1.67. The Morgan fingerprint density at radius 1 is 1.39 bits per heavy atom. The molecule has 0 bridgehead atoms. The van der Waals surface area contributed by atoms with Crippen molar-refractivity contribution in [2.24, 2.45) is 10.8 Å². The highest BCUT2D eigenvalue weighted by molar-refractivity contribution is 7.18. The second-order valence-corrected chi connectivity index (χ2v) is 7.08. The Labute approximate surface area is 137 Å². The first-order valence-electron chi connectivity index (χ1n) is 7.16. The first-order chi connectivity index (χ1) is 11.0. The third-order valence-electron chi connectivity index (χ3n) is 3.19. The average Bonchev–Trinajstić information content (AvgIpc) is 3.13. The normalized spacial score (nSPS) is 12.3. The number of aromatic nitrogens is 3. The van der Waals surface area contributed by atoms with Crippen LogP contribution in [0.25, 0.3) is 10.2 Å². The summed E-state index contributed by atoms with van der Waals surface area (Å²) in [5.74, 6) is 1.05. The lowest BCUT2D eigenvalue weighted by Gasteiger charge is -2.14. The quantitative estimate of drug-likeness (QED) is 0.563. The Balaban J connectivity index is 1.83. The van der Waals surface area contributed by atoms with Crippen molar-refractivity contribution in [3.63, 3.8) is 0 Å². The van der Waals surface area contributed by atoms with Gasteiger partial charge in [0.2, 0.25) is 5.89 Å². The van der Waals surface area contributed by atoms with Crippen LogP contribution in [0.15, 0.2) is 28.2 Å². The molecule has 0 aliphatic carbocycles. The fourth-order valence-electron chi connectivity index (χ4n) is 1.94. The molecular weight excluding hydrogens is 312 g/mol. The minimum atomic E-state index is 0.0720. The van der Waals surface area contributed by atoms with Crippen LogP contribution in [-0.4, -0.2) is 21.2 Å². The lowest BCUT2D eigenvalue weighted by atomic mass is 9.94. The van der Waals surface area contributed by atoms with Gasteiger partial charge >= 0.3 is 0 Å². The minimum absolute atomic E-state index is 0.0720. The molecule has 0 fully saturated rings. The van der Waals surface area contributed by atoms with Crippen LogP contribution < -0.4 is 11.2 Å². The van der Waals surface area contributed by atoms with Crippen LogP contribution in [0.1, 0.15) is 37.2 Å². The molecule has 0 saturated heterocycles. The van der Waals surface area contributed by atoms with Gasteiger partial charge in [0.25, 0.3) is 0 Å². The van der Waals surface area contributed by atoms with Crippen LogP contribution in [0.3, 0.4) is 0 Å². The average molecular weight is 330 g/mol. The van der Waals surface area contributed by atoms with Crippen LogP contribution >= 0.6 is 11.3 Å². The van der Waals surface area contributed by atoms with Crippen LogP contribution in [-0.2, 0) is 12.0 Å². The zero-order valence-corrected chi connectivity index (χ0v) is 14.0. The molecule has 3 N–H and O–H groups in total. The number of oxazole rings is 1. The largest absolute Gasteiger partial charge is 0.443 e. The zero-order chi connectivity index (χ0) is 16.4. The highest BCUT2D eigenvalue weighted by Crippen LogP contribution is 2.35. The summed E-state index contributed by atoms with van der Waals surface area (Å²) in [5.41, 5.74) is 9.16. The first-order valence-corrected chi connectivity index (χ1v) is 7.97. The summed E-state index contributed by atoms with van der Waals surface area (Å²) in [6.45, 7) is 6.86. The van der Waals surface area contributed by atoms with Gasteiger partial charge in [-0.1, -0.05) is 20.8 Å². The molecule has 23 heavy (non-hydrogen) atoms. The molecule has 0 atom stereocenters. The standard InChI is InChI=1S/C15H18N6OS/c1-15(2,3)11-4-10-13(17-8-18-14(10)23-11)21-19-6-12-20-9(5-16)7-22-12/h4,6-8H,5,16H2,1-3H3,(H,17,18,21). The van der Waals surface area contributed by atoms with Gasteiger partial charge in [-0.2, -0.15) is 5.10 Å². The van der Waals surface area contributed by atoms with Crippen molar-refractivity contribution in [1.29, 1.82) is 0 Å². The first kappa shape index (κ1) is 15.6. The molecule has 0 amide bonds. The molecule has 0 unspecified atom stereocenters. The summed E-state index contributed by atoms with van der Waals surface area (Å²) in [7, 11) is 0. The predicted molar refractivity (Wildman–Crippen MR) is 91.7 cm³/mol. The molecule has 0 spiro atoms. The third-order valence-corrected chi connectivity index (χ3v) is 4.66. The number of hydrazone groups is 1. The molecule has 0 aliphatic rings. The maximum atomic E-state index is 5.48. The molecule has 3 heterocycles. The van der Waals surface area contributed by atoms with Crippen molar-refractivity contribution < 1.29 is 4.42 Å². The molecule has 0 aromatic carbocycles. The highest BCUT2D eigenvalue weighted by Gasteiger charge is 2.18. The summed E-state index contributed by atoms with van der Waals surface area (Å²) in [6, 6.07) is 2.11. The van der Waals surface area contributed by atoms with E-state index in [0.717, 1.165) is 10.2 Å². The fourth-order valence-corrected chi connectivity index (χ4v) is 3.00. The van der Waals surface area contributed by atoms with Gasteiger partial charge in [0.15, 0.2) is 5.82 Å². The predicted octanol–water partition coefficient (Wildman–Crippen LogP) is 2.88. The molecule has 3 rings (SSSR count). The number of hydrogen-bond donors (Lipinski definition) is 2. The van der Waals surface area contributed by atoms with E-state index in [4.69, 9.17) is 10.2 Å². The topological polar surface area (TPSA) is 102 Å². The number of nitrogens with zero attached hydrogens (tertiary/aromatic N) is 4. The van der Waals surface area contributed by atoms with E-state index >= 15 is 0 Å². The molecule has 7 nitrogen and oxygen atoms in total. The molecular formula is C15H18N6OS. The van der Waals surface area contributed by atoms with Crippen molar-refractivity contribution in [2.75, 3.05) is 5.43 Å². The van der Waals surface area contributed by atoms with Crippen LogP contribution in [0, 0.1) is 0 Å². The van der Waals surface area contributed by atoms with Crippen LogP contribution in [0.5, 0.6) is 0 Å². The van der Waals surface area contributed by atoms with Gasteiger partial charge in [-0.25, -0.2) is 15.0 Å². The van der Waals surface area contributed by atoms with Gasteiger partial charge in [-0.05, 0) is 11.5 Å². The summed E-state index contributed by atoms with van der Waals surface area (Å²) in [4.78, 5) is 14.9. The summed E-state index contributed by atoms with van der Waals surface area (Å²) < 4.78 is 5.22. The van der Waals surface area contributed by atoms with E-state index in [1.807, 2.05) is 0 Å². The molecule has 3 aromatic rings.